The molecule has 0 aliphatic rings. The van der Waals surface area contributed by atoms with Crippen LogP contribution in [0.2, 0.25) is 18.1 Å². The van der Waals surface area contributed by atoms with Crippen molar-refractivity contribution in [3.8, 4) is 0 Å². The highest BCUT2D eigenvalue weighted by molar-refractivity contribution is 7.91. The monoisotopic (exact) mass is 412 g/mol. The van der Waals surface area contributed by atoms with Crippen molar-refractivity contribution in [1.82, 2.24) is 19.9 Å². The summed E-state index contributed by atoms with van der Waals surface area (Å²) in [5.41, 5.74) is 0. The van der Waals surface area contributed by atoms with Crippen molar-refractivity contribution in [1.29, 1.82) is 0 Å². The van der Waals surface area contributed by atoms with E-state index in [2.05, 4.69) is 19.9 Å². The summed E-state index contributed by atoms with van der Waals surface area (Å²) in [5.74, 6) is -0.486. The summed E-state index contributed by atoms with van der Waals surface area (Å²) in [6.07, 6.45) is 3.76. The van der Waals surface area contributed by atoms with Gasteiger partial charge < -0.3 is 4.43 Å². The fraction of sp³-hybridized carbons (Fsp3) is 0.529. The number of rotatable bonds is 6. The number of halogens is 1. The van der Waals surface area contributed by atoms with Crippen LogP contribution in [0.4, 0.5) is 4.39 Å². The van der Waals surface area contributed by atoms with Gasteiger partial charge in [-0.2, -0.15) is 0 Å². The topological polar surface area (TPSA) is 94.9 Å². The SMILES string of the molecule is C[C@H](C(O[Si](C)(C)C(C)(C)C)c1ncc(F)cn1)S(=O)(=O)c1ncccn1. The lowest BCUT2D eigenvalue weighted by molar-refractivity contribution is 0.171. The summed E-state index contributed by atoms with van der Waals surface area (Å²) in [6.45, 7) is 11.6. The van der Waals surface area contributed by atoms with E-state index < -0.39 is 35.3 Å². The Morgan fingerprint density at radius 3 is 2.07 bits per heavy atom. The first-order valence-electron chi connectivity index (χ1n) is 8.52. The minimum Gasteiger partial charge on any atom is -0.405 e. The predicted octanol–water partition coefficient (Wildman–Crippen LogP) is 3.33. The molecule has 7 nitrogen and oxygen atoms in total. The minimum atomic E-state index is -3.91. The average molecular weight is 413 g/mol. The van der Waals surface area contributed by atoms with Crippen LogP contribution in [0.1, 0.15) is 39.6 Å². The number of nitrogens with zero attached hydrogens (tertiary/aromatic N) is 4. The van der Waals surface area contributed by atoms with Crippen LogP contribution in [-0.4, -0.2) is 41.9 Å². The first-order valence-corrected chi connectivity index (χ1v) is 13.0. The van der Waals surface area contributed by atoms with E-state index in [1.54, 1.807) is 0 Å². The van der Waals surface area contributed by atoms with Gasteiger partial charge in [-0.25, -0.2) is 32.7 Å². The Hall–Kier alpha value is -1.78. The molecular weight excluding hydrogens is 387 g/mol. The second-order valence-corrected chi connectivity index (χ2v) is 14.8. The maximum atomic E-state index is 13.3. The summed E-state index contributed by atoms with van der Waals surface area (Å²) in [5, 5.41) is -1.51. The molecule has 0 aromatic carbocycles. The molecule has 0 saturated carbocycles. The van der Waals surface area contributed by atoms with Gasteiger partial charge in [0.25, 0.3) is 0 Å². The predicted molar refractivity (Wildman–Crippen MR) is 102 cm³/mol. The Bertz CT molecular complexity index is 871. The van der Waals surface area contributed by atoms with Crippen molar-refractivity contribution >= 4 is 18.2 Å². The summed E-state index contributed by atoms with van der Waals surface area (Å²) in [6, 6.07) is 1.54. The van der Waals surface area contributed by atoms with Gasteiger partial charge in [-0.05, 0) is 31.1 Å². The van der Waals surface area contributed by atoms with Gasteiger partial charge in [-0.1, -0.05) is 20.8 Å². The van der Waals surface area contributed by atoms with Crippen LogP contribution in [0.15, 0.2) is 36.0 Å². The van der Waals surface area contributed by atoms with E-state index in [0.29, 0.717) is 0 Å². The van der Waals surface area contributed by atoms with Gasteiger partial charge in [-0.15, -0.1) is 0 Å². The third-order valence-corrected chi connectivity index (χ3v) is 11.2. The molecule has 0 aliphatic heterocycles. The number of hydrogen-bond acceptors (Lipinski definition) is 7. The van der Waals surface area contributed by atoms with E-state index in [9.17, 15) is 12.8 Å². The van der Waals surface area contributed by atoms with E-state index in [-0.39, 0.29) is 16.0 Å². The lowest BCUT2D eigenvalue weighted by Gasteiger charge is -2.40. The Morgan fingerprint density at radius 1 is 1.07 bits per heavy atom. The normalized spacial score (nSPS) is 15.4. The molecule has 0 N–H and O–H groups in total. The van der Waals surface area contributed by atoms with E-state index in [0.717, 1.165) is 12.4 Å². The van der Waals surface area contributed by atoms with Gasteiger partial charge >= 0.3 is 0 Å². The lowest BCUT2D eigenvalue weighted by Crippen LogP contribution is -2.45. The molecule has 0 amide bonds. The molecule has 2 aromatic heterocycles. The van der Waals surface area contributed by atoms with E-state index in [1.165, 1.54) is 25.4 Å². The van der Waals surface area contributed by atoms with Crippen LogP contribution in [-0.2, 0) is 14.3 Å². The second kappa shape index (κ2) is 7.68. The highest BCUT2D eigenvalue weighted by Crippen LogP contribution is 2.41. The first kappa shape index (κ1) is 21.5. The molecule has 0 spiro atoms. The quantitative estimate of drug-likeness (QED) is 0.530. The third kappa shape index (κ3) is 4.74. The zero-order valence-electron chi connectivity index (χ0n) is 16.3. The Balaban J connectivity index is 2.50. The van der Waals surface area contributed by atoms with Crippen LogP contribution in [0.5, 0.6) is 0 Å². The van der Waals surface area contributed by atoms with Gasteiger partial charge in [0.05, 0.1) is 17.6 Å². The molecule has 10 heteroatoms. The molecule has 0 bridgehead atoms. The second-order valence-electron chi connectivity index (χ2n) is 7.84. The summed E-state index contributed by atoms with van der Waals surface area (Å²) >= 11 is 0. The highest BCUT2D eigenvalue weighted by atomic mass is 32.2. The molecule has 0 saturated heterocycles. The maximum Gasteiger partial charge on any atom is 0.247 e. The van der Waals surface area contributed by atoms with Gasteiger partial charge in [0, 0.05) is 12.4 Å². The molecule has 0 aliphatic carbocycles. The van der Waals surface area contributed by atoms with Gasteiger partial charge in [-0.3, -0.25) is 0 Å². The highest BCUT2D eigenvalue weighted by Gasteiger charge is 2.44. The summed E-state index contributed by atoms with van der Waals surface area (Å²) in [7, 11) is -6.30. The largest absolute Gasteiger partial charge is 0.405 e. The number of hydrogen-bond donors (Lipinski definition) is 0. The molecule has 1 unspecified atom stereocenters. The zero-order valence-corrected chi connectivity index (χ0v) is 18.2. The molecule has 2 aromatic rings. The molecule has 27 heavy (non-hydrogen) atoms. The van der Waals surface area contributed by atoms with Crippen molar-refractivity contribution < 1.29 is 17.2 Å². The molecule has 2 heterocycles. The van der Waals surface area contributed by atoms with E-state index in [1.807, 2.05) is 33.9 Å². The fourth-order valence-electron chi connectivity index (χ4n) is 2.08. The number of aromatic nitrogens is 4. The molecule has 0 radical (unpaired) electrons. The van der Waals surface area contributed by atoms with Crippen LogP contribution in [0, 0.1) is 5.82 Å². The molecule has 2 atom stereocenters. The van der Waals surface area contributed by atoms with Gasteiger partial charge in [0.15, 0.2) is 20.0 Å². The van der Waals surface area contributed by atoms with Crippen molar-refractivity contribution in [2.45, 2.75) is 62.3 Å². The maximum absolute atomic E-state index is 13.3. The Kier molecular flexibility index (Phi) is 6.12. The van der Waals surface area contributed by atoms with E-state index >= 15 is 0 Å². The van der Waals surface area contributed by atoms with Crippen LogP contribution in [0.3, 0.4) is 0 Å². The van der Waals surface area contributed by atoms with Crippen molar-refractivity contribution in [3.63, 3.8) is 0 Å². The van der Waals surface area contributed by atoms with Crippen LogP contribution >= 0.6 is 0 Å². The standard InChI is InChI=1S/C17H25FN4O3SSi/c1-12(26(23,24)16-19-8-7-9-20-16)14(15-21-10-13(18)11-22-15)25-27(5,6)17(2,3)4/h7-12,14H,1-6H3/t12-,14?/m1/s1. The molecule has 0 fully saturated rings. The third-order valence-electron chi connectivity index (χ3n) is 4.83. The fourth-order valence-corrected chi connectivity index (χ4v) is 4.73. The minimum absolute atomic E-state index is 0.119. The van der Waals surface area contributed by atoms with Crippen molar-refractivity contribution in [2.24, 2.45) is 0 Å². The first-order chi connectivity index (χ1) is 12.4. The average Bonchev–Trinajstić information content (AvgIpc) is 2.59. The Morgan fingerprint density at radius 2 is 1.59 bits per heavy atom. The number of sulfone groups is 1. The molecule has 148 valence electrons. The van der Waals surface area contributed by atoms with Crippen LogP contribution < -0.4 is 0 Å². The zero-order chi connectivity index (χ0) is 20.5. The molecule has 2 rings (SSSR count). The van der Waals surface area contributed by atoms with Crippen LogP contribution in [0.25, 0.3) is 0 Å². The van der Waals surface area contributed by atoms with Crippen molar-refractivity contribution in [2.75, 3.05) is 0 Å². The Labute approximate surface area is 160 Å². The smallest absolute Gasteiger partial charge is 0.247 e. The summed E-state index contributed by atoms with van der Waals surface area (Å²) < 4.78 is 45.7. The lowest BCUT2D eigenvalue weighted by atomic mass is 10.2. The van der Waals surface area contributed by atoms with Crippen molar-refractivity contribution in [3.05, 3.63) is 42.5 Å². The summed E-state index contributed by atoms with van der Waals surface area (Å²) in [4.78, 5) is 15.7. The van der Waals surface area contributed by atoms with Gasteiger partial charge in [0.2, 0.25) is 15.0 Å². The van der Waals surface area contributed by atoms with Gasteiger partial charge in [0.1, 0.15) is 6.10 Å². The molecular formula is C17H25FN4O3SSi. The van der Waals surface area contributed by atoms with E-state index in [4.69, 9.17) is 4.43 Å².